The van der Waals surface area contributed by atoms with Crippen molar-refractivity contribution in [1.82, 2.24) is 44.3 Å². The van der Waals surface area contributed by atoms with Crippen molar-refractivity contribution in [2.45, 2.75) is 210 Å². The molecule has 0 aliphatic carbocycles. The zero-order chi connectivity index (χ0) is 58.6. The van der Waals surface area contributed by atoms with Crippen LogP contribution in [-0.2, 0) is 10.8 Å². The average molecular weight is 1100 g/mol. The molecule has 0 aliphatic rings. The minimum Gasteiger partial charge on any atom is -0.382 e. The number of azo groups is 2. The number of rotatable bonds is 32. The first-order valence-electron chi connectivity index (χ1n) is 30.3. The van der Waals surface area contributed by atoms with E-state index < -0.39 is 10.8 Å². The highest BCUT2D eigenvalue weighted by Gasteiger charge is 2.31. The highest BCUT2D eigenvalue weighted by atomic mass is 16.2. The lowest BCUT2D eigenvalue weighted by Gasteiger charge is -2.31. The van der Waals surface area contributed by atoms with Crippen molar-refractivity contribution >= 4 is 46.2 Å². The van der Waals surface area contributed by atoms with Crippen LogP contribution in [0.25, 0.3) is 11.9 Å². The molecule has 80 heavy (non-hydrogen) atoms. The molecule has 0 aliphatic heterocycles. The molecule has 4 unspecified atom stereocenters. The Morgan fingerprint density at radius 2 is 0.787 bits per heavy atom. The largest absolute Gasteiger partial charge is 0.382 e. The Kier molecular flexibility index (Phi) is 25.0. The van der Waals surface area contributed by atoms with Crippen LogP contribution in [0.4, 0.5) is 34.4 Å². The van der Waals surface area contributed by atoms with E-state index in [-0.39, 0.29) is 35.3 Å². The van der Waals surface area contributed by atoms with Crippen molar-refractivity contribution in [2.24, 2.45) is 44.1 Å². The molecule has 17 nitrogen and oxygen atoms in total. The summed E-state index contributed by atoms with van der Waals surface area (Å²) >= 11 is 0. The van der Waals surface area contributed by atoms with Gasteiger partial charge in [-0.3, -0.25) is 9.59 Å². The SMILES string of the molecule is CCCCC(CC)CN(CC(CC)CCCC)C(=O)c1ccc(N=Nc2c(C(C)(C)C)nn(-c3ncnc(-n4nc(C(C)(C)C)c(N=Nc5ccc(C(=O)N(CC(CC)CCCC)CC(CC)CCCC)cc5)c4N)n3)c2N)cc1. The summed E-state index contributed by atoms with van der Waals surface area (Å²) in [5, 5.41) is 28.4. The van der Waals surface area contributed by atoms with E-state index in [2.05, 4.69) is 95.6 Å². The Morgan fingerprint density at radius 1 is 0.487 bits per heavy atom. The maximum atomic E-state index is 14.2. The van der Waals surface area contributed by atoms with Gasteiger partial charge >= 0.3 is 0 Å². The monoisotopic (exact) mass is 1100 g/mol. The maximum Gasteiger partial charge on any atom is 0.257 e. The molecule has 0 radical (unpaired) electrons. The van der Waals surface area contributed by atoms with Crippen molar-refractivity contribution in [3.8, 4) is 11.9 Å². The van der Waals surface area contributed by atoms with Crippen LogP contribution in [0.15, 0.2) is 75.3 Å². The Bertz CT molecular complexity index is 2530. The van der Waals surface area contributed by atoms with Crippen LogP contribution in [0.5, 0.6) is 0 Å². The van der Waals surface area contributed by atoms with Crippen LogP contribution >= 0.6 is 0 Å². The van der Waals surface area contributed by atoms with Gasteiger partial charge in [0.25, 0.3) is 23.7 Å². The van der Waals surface area contributed by atoms with Gasteiger partial charge in [-0.1, -0.05) is 174 Å². The van der Waals surface area contributed by atoms with Crippen molar-refractivity contribution in [1.29, 1.82) is 0 Å². The molecule has 5 rings (SSSR count). The molecule has 5 aromatic rings. The highest BCUT2D eigenvalue weighted by Crippen LogP contribution is 2.40. The number of nitrogens with zero attached hydrogens (tertiary/aromatic N) is 13. The van der Waals surface area contributed by atoms with Crippen LogP contribution in [0.3, 0.4) is 0 Å². The fourth-order valence-corrected chi connectivity index (χ4v) is 10.2. The highest BCUT2D eigenvalue weighted by molar-refractivity contribution is 5.95. The smallest absolute Gasteiger partial charge is 0.257 e. The number of unbranched alkanes of at least 4 members (excludes halogenated alkanes) is 4. The van der Waals surface area contributed by atoms with E-state index in [4.69, 9.17) is 26.6 Å². The Labute approximate surface area is 479 Å². The predicted molar refractivity (Wildman–Crippen MR) is 327 cm³/mol. The number of amides is 2. The van der Waals surface area contributed by atoms with Crippen LogP contribution < -0.4 is 11.5 Å². The lowest BCUT2D eigenvalue weighted by atomic mass is 9.91. The molecule has 2 amide bonds. The van der Waals surface area contributed by atoms with Crippen molar-refractivity contribution in [3.05, 3.63) is 77.4 Å². The summed E-state index contributed by atoms with van der Waals surface area (Å²) in [5.74, 6) is 2.56. The van der Waals surface area contributed by atoms with Gasteiger partial charge in [-0.15, -0.1) is 10.2 Å². The zero-order valence-electron chi connectivity index (χ0n) is 51.4. The van der Waals surface area contributed by atoms with Gasteiger partial charge in [0.1, 0.15) is 6.33 Å². The third-order valence-electron chi connectivity index (χ3n) is 15.6. The van der Waals surface area contributed by atoms with Crippen LogP contribution in [0, 0.1) is 23.7 Å². The first-order valence-corrected chi connectivity index (χ1v) is 30.3. The lowest BCUT2D eigenvalue weighted by molar-refractivity contribution is 0.0678. The normalized spacial score (nSPS) is 13.8. The molecule has 17 heteroatoms. The summed E-state index contributed by atoms with van der Waals surface area (Å²) in [6.07, 6.45) is 19.3. The van der Waals surface area contributed by atoms with Gasteiger partial charge in [0.15, 0.2) is 23.0 Å². The molecule has 3 heterocycles. The molecule has 4 N–H and O–H groups in total. The fraction of sp³-hybridized carbons (Fsp3) is 0.635. The summed E-state index contributed by atoms with van der Waals surface area (Å²) in [5.41, 5.74) is 17.0. The van der Waals surface area contributed by atoms with Gasteiger partial charge in [0.05, 0.1) is 22.8 Å². The Balaban J connectivity index is 1.41. The molecule has 4 atom stereocenters. The first kappa shape index (κ1) is 64.4. The molecule has 2 aromatic carbocycles. The van der Waals surface area contributed by atoms with Gasteiger partial charge in [0.2, 0.25) is 0 Å². The number of carbonyl (C=O) groups excluding carboxylic acids is 2. The number of carbonyl (C=O) groups is 2. The molecular formula is C63H99N15O2. The predicted octanol–water partition coefficient (Wildman–Crippen LogP) is 16.6. The average Bonchev–Trinajstić information content (AvgIpc) is 4.05. The van der Waals surface area contributed by atoms with Gasteiger partial charge in [-0.05, 0) is 97.9 Å². The molecule has 0 spiro atoms. The number of nitrogens with two attached hydrogens (primary N) is 2. The lowest BCUT2D eigenvalue weighted by Crippen LogP contribution is -2.39. The van der Waals surface area contributed by atoms with Gasteiger partial charge in [-0.25, -0.2) is 0 Å². The van der Waals surface area contributed by atoms with E-state index in [1.807, 2.05) is 90.1 Å². The minimum atomic E-state index is -0.507. The van der Waals surface area contributed by atoms with Crippen LogP contribution in [0.1, 0.15) is 232 Å². The van der Waals surface area contributed by atoms with E-state index in [1.165, 1.54) is 41.4 Å². The second kappa shape index (κ2) is 31.0. The number of nitrogen functional groups attached to an aromatic ring is 2. The van der Waals surface area contributed by atoms with Gasteiger partial charge in [0, 0.05) is 48.1 Å². The number of anilines is 2. The molecule has 0 saturated carbocycles. The van der Waals surface area contributed by atoms with Gasteiger partial charge in [-0.2, -0.15) is 44.7 Å². The van der Waals surface area contributed by atoms with Gasteiger partial charge < -0.3 is 21.3 Å². The molecular weight excluding hydrogens is 999 g/mol. The second-order valence-corrected chi connectivity index (χ2v) is 24.2. The maximum absolute atomic E-state index is 14.2. The molecule has 3 aromatic heterocycles. The third-order valence-corrected chi connectivity index (χ3v) is 15.6. The van der Waals surface area contributed by atoms with E-state index in [1.54, 1.807) is 0 Å². The topological polar surface area (TPSA) is 216 Å². The number of aromatic nitrogens is 7. The molecule has 0 bridgehead atoms. The molecule has 438 valence electrons. The summed E-state index contributed by atoms with van der Waals surface area (Å²) in [7, 11) is 0. The summed E-state index contributed by atoms with van der Waals surface area (Å²) < 4.78 is 2.85. The van der Waals surface area contributed by atoms with Crippen molar-refractivity contribution in [3.63, 3.8) is 0 Å². The Hall–Kier alpha value is -6.39. The first-order chi connectivity index (χ1) is 38.2. The minimum absolute atomic E-state index is 0.0527. The van der Waals surface area contributed by atoms with E-state index in [9.17, 15) is 9.59 Å². The number of hydrogen-bond acceptors (Lipinski definition) is 13. The molecule has 0 saturated heterocycles. The zero-order valence-corrected chi connectivity index (χ0v) is 51.4. The second-order valence-electron chi connectivity index (χ2n) is 24.2. The molecule has 0 fully saturated rings. The number of hydrogen-bond donors (Lipinski definition) is 2. The van der Waals surface area contributed by atoms with E-state index in [0.29, 0.717) is 68.9 Å². The standard InChI is InChI=1S/C63H99N15O2/c1-15-23-27-44(19-5)39-75(40-45(20-6)28-24-16-2)58(79)48-31-35-50(36-32-48)69-71-52-54(62(9,10)11)73-77(56(52)64)60-66-43-67-61(68-60)78-57(65)53(55(74-78)63(12,13)14)72-70-51-37-33-49(34-38-51)59(80)76(41-46(21-7)29-25-17-3)42-47(22-8)30-26-18-4/h31-38,43-47H,15-30,39-42,64-65H2,1-14H3. The van der Waals surface area contributed by atoms with Crippen molar-refractivity contribution < 1.29 is 9.59 Å². The quantitative estimate of drug-likeness (QED) is 0.0391. The summed E-state index contributed by atoms with van der Waals surface area (Å²) in [4.78, 5) is 46.4. The van der Waals surface area contributed by atoms with Crippen molar-refractivity contribution in [2.75, 3.05) is 37.6 Å². The fourth-order valence-electron chi connectivity index (χ4n) is 10.2. The number of benzene rings is 2. The summed E-state index contributed by atoms with van der Waals surface area (Å²) in [6, 6.07) is 14.7. The van der Waals surface area contributed by atoms with E-state index in [0.717, 1.165) is 103 Å². The van der Waals surface area contributed by atoms with Crippen LogP contribution in [-0.4, -0.2) is 82.3 Å². The summed E-state index contributed by atoms with van der Waals surface area (Å²) in [6.45, 7) is 33.0. The van der Waals surface area contributed by atoms with Crippen LogP contribution in [0.2, 0.25) is 0 Å². The third kappa shape index (κ3) is 17.8. The van der Waals surface area contributed by atoms with E-state index >= 15 is 0 Å². The Morgan fingerprint density at radius 3 is 1.05 bits per heavy atom.